The van der Waals surface area contributed by atoms with Crippen LogP contribution in [0.1, 0.15) is 42.9 Å². The fourth-order valence-electron chi connectivity index (χ4n) is 3.07. The smallest absolute Gasteiger partial charge is 0.262 e. The van der Waals surface area contributed by atoms with E-state index in [1.54, 1.807) is 30.5 Å². The van der Waals surface area contributed by atoms with E-state index >= 15 is 0 Å². The number of benzene rings is 1. The standard InChI is InChI=1S/C18H21NO3S/c1-14-9-11-15(12-10-14)23(20,21)22-18-8-3-2-6-16(18)17-7-4-5-13-19-17/h4-5,7,9-13,16,18H,2-3,6,8H2,1H3/t16-,18+/m1/s1. The van der Waals surface area contributed by atoms with Crippen LogP contribution in [-0.4, -0.2) is 19.5 Å². The number of hydrogen-bond donors (Lipinski definition) is 0. The van der Waals surface area contributed by atoms with Gasteiger partial charge in [0.05, 0.1) is 11.0 Å². The average Bonchev–Trinajstić information content (AvgIpc) is 2.56. The summed E-state index contributed by atoms with van der Waals surface area (Å²) in [5.74, 6) is 0.0326. The number of rotatable bonds is 4. The molecule has 23 heavy (non-hydrogen) atoms. The first-order valence-corrected chi connectivity index (χ1v) is 9.38. The Morgan fingerprint density at radius 2 is 1.78 bits per heavy atom. The third-order valence-corrected chi connectivity index (χ3v) is 5.68. The summed E-state index contributed by atoms with van der Waals surface area (Å²) >= 11 is 0. The van der Waals surface area contributed by atoms with Gasteiger partial charge >= 0.3 is 0 Å². The third-order valence-electron chi connectivity index (χ3n) is 4.33. The van der Waals surface area contributed by atoms with Gasteiger partial charge in [0.1, 0.15) is 0 Å². The lowest BCUT2D eigenvalue weighted by Crippen LogP contribution is -2.29. The Kier molecular flexibility index (Phi) is 4.78. The van der Waals surface area contributed by atoms with Gasteiger partial charge in [-0.25, -0.2) is 0 Å². The van der Waals surface area contributed by atoms with E-state index in [9.17, 15) is 8.42 Å². The molecule has 1 aromatic heterocycles. The minimum Gasteiger partial charge on any atom is -0.262 e. The van der Waals surface area contributed by atoms with Gasteiger partial charge in [0.15, 0.2) is 0 Å². The molecule has 1 aliphatic carbocycles. The molecule has 0 amide bonds. The lowest BCUT2D eigenvalue weighted by Gasteiger charge is -2.30. The lowest BCUT2D eigenvalue weighted by molar-refractivity contribution is 0.135. The van der Waals surface area contributed by atoms with E-state index in [4.69, 9.17) is 4.18 Å². The van der Waals surface area contributed by atoms with Crippen LogP contribution in [-0.2, 0) is 14.3 Å². The summed E-state index contributed by atoms with van der Waals surface area (Å²) < 4.78 is 30.7. The Labute approximate surface area is 137 Å². The molecule has 0 aliphatic heterocycles. The minimum absolute atomic E-state index is 0.0326. The van der Waals surface area contributed by atoms with Crippen molar-refractivity contribution in [3.8, 4) is 0 Å². The fraction of sp³-hybridized carbons (Fsp3) is 0.389. The molecule has 1 aliphatic rings. The van der Waals surface area contributed by atoms with Crippen molar-refractivity contribution >= 4 is 10.1 Å². The number of hydrogen-bond acceptors (Lipinski definition) is 4. The summed E-state index contributed by atoms with van der Waals surface area (Å²) in [6, 6.07) is 12.5. The molecule has 1 aromatic carbocycles. The van der Waals surface area contributed by atoms with Crippen molar-refractivity contribution in [2.45, 2.75) is 49.5 Å². The van der Waals surface area contributed by atoms with Crippen LogP contribution in [0.15, 0.2) is 53.6 Å². The molecule has 2 aromatic rings. The molecular formula is C18H21NO3S. The maximum Gasteiger partial charge on any atom is 0.297 e. The van der Waals surface area contributed by atoms with E-state index in [-0.39, 0.29) is 16.9 Å². The molecule has 0 spiro atoms. The molecule has 0 radical (unpaired) electrons. The SMILES string of the molecule is Cc1ccc(S(=O)(=O)O[C@H]2CCCC[C@@H]2c2ccccn2)cc1. The van der Waals surface area contributed by atoms with Gasteiger partial charge in [-0.2, -0.15) is 8.42 Å². The number of nitrogens with zero attached hydrogens (tertiary/aromatic N) is 1. The molecule has 5 heteroatoms. The zero-order chi connectivity index (χ0) is 16.3. The molecule has 1 saturated carbocycles. The zero-order valence-corrected chi connectivity index (χ0v) is 14.0. The fourth-order valence-corrected chi connectivity index (χ4v) is 4.21. The predicted octanol–water partition coefficient (Wildman–Crippen LogP) is 3.82. The van der Waals surface area contributed by atoms with Crippen molar-refractivity contribution < 1.29 is 12.6 Å². The van der Waals surface area contributed by atoms with Crippen LogP contribution in [0.25, 0.3) is 0 Å². The third kappa shape index (κ3) is 3.79. The molecule has 3 rings (SSSR count). The van der Waals surface area contributed by atoms with Crippen LogP contribution in [0.4, 0.5) is 0 Å². The van der Waals surface area contributed by atoms with Crippen molar-refractivity contribution in [1.29, 1.82) is 0 Å². The molecule has 0 unspecified atom stereocenters. The van der Waals surface area contributed by atoms with Crippen molar-refractivity contribution in [2.24, 2.45) is 0 Å². The Balaban J connectivity index is 1.83. The number of aromatic nitrogens is 1. The van der Waals surface area contributed by atoms with Crippen LogP contribution in [0.3, 0.4) is 0 Å². The zero-order valence-electron chi connectivity index (χ0n) is 13.2. The first-order chi connectivity index (χ1) is 11.1. The van der Waals surface area contributed by atoms with Crippen LogP contribution in [0, 0.1) is 6.92 Å². The monoisotopic (exact) mass is 331 g/mol. The van der Waals surface area contributed by atoms with E-state index in [1.165, 1.54) is 0 Å². The second kappa shape index (κ2) is 6.81. The van der Waals surface area contributed by atoms with Crippen LogP contribution in [0.5, 0.6) is 0 Å². The van der Waals surface area contributed by atoms with Gasteiger partial charge in [-0.05, 0) is 44.0 Å². The Hall–Kier alpha value is -1.72. The highest BCUT2D eigenvalue weighted by atomic mass is 32.2. The Morgan fingerprint density at radius 3 is 2.48 bits per heavy atom. The van der Waals surface area contributed by atoms with Gasteiger partial charge in [0.25, 0.3) is 10.1 Å². The highest BCUT2D eigenvalue weighted by Gasteiger charge is 2.32. The van der Waals surface area contributed by atoms with Crippen molar-refractivity contribution in [3.63, 3.8) is 0 Å². The topological polar surface area (TPSA) is 56.3 Å². The maximum atomic E-state index is 12.5. The molecular weight excluding hydrogens is 310 g/mol. The summed E-state index contributed by atoms with van der Waals surface area (Å²) in [5.41, 5.74) is 1.93. The van der Waals surface area contributed by atoms with E-state index in [2.05, 4.69) is 4.98 Å². The van der Waals surface area contributed by atoms with Crippen molar-refractivity contribution in [2.75, 3.05) is 0 Å². The Bertz CT molecular complexity index is 742. The number of aryl methyl sites for hydroxylation is 1. The van der Waals surface area contributed by atoms with E-state index in [1.807, 2.05) is 25.1 Å². The second-order valence-corrected chi connectivity index (χ2v) is 7.62. The summed E-state index contributed by atoms with van der Waals surface area (Å²) in [6.45, 7) is 1.93. The lowest BCUT2D eigenvalue weighted by atomic mass is 9.84. The summed E-state index contributed by atoms with van der Waals surface area (Å²) in [6.07, 6.45) is 5.11. The molecule has 4 nitrogen and oxygen atoms in total. The molecule has 122 valence electrons. The highest BCUT2D eigenvalue weighted by Crippen LogP contribution is 2.35. The molecule has 0 bridgehead atoms. The largest absolute Gasteiger partial charge is 0.297 e. The maximum absolute atomic E-state index is 12.5. The van der Waals surface area contributed by atoms with Gasteiger partial charge < -0.3 is 0 Å². The van der Waals surface area contributed by atoms with Crippen LogP contribution >= 0.6 is 0 Å². The van der Waals surface area contributed by atoms with E-state index < -0.39 is 10.1 Å². The van der Waals surface area contributed by atoms with Crippen molar-refractivity contribution in [3.05, 3.63) is 59.9 Å². The normalized spacial score (nSPS) is 22.0. The van der Waals surface area contributed by atoms with E-state index in [0.717, 1.165) is 36.9 Å². The molecule has 0 saturated heterocycles. The molecule has 0 N–H and O–H groups in total. The van der Waals surface area contributed by atoms with Gasteiger partial charge in [-0.1, -0.05) is 36.6 Å². The number of pyridine rings is 1. The van der Waals surface area contributed by atoms with Gasteiger partial charge in [0, 0.05) is 17.8 Å². The predicted molar refractivity (Wildman–Crippen MR) is 88.7 cm³/mol. The van der Waals surface area contributed by atoms with Crippen LogP contribution < -0.4 is 0 Å². The highest BCUT2D eigenvalue weighted by molar-refractivity contribution is 7.86. The van der Waals surface area contributed by atoms with E-state index in [0.29, 0.717) is 0 Å². The summed E-state index contributed by atoms with van der Waals surface area (Å²) in [5, 5.41) is 0. The second-order valence-electron chi connectivity index (χ2n) is 6.05. The molecule has 1 heterocycles. The van der Waals surface area contributed by atoms with Gasteiger partial charge in [-0.15, -0.1) is 0 Å². The first kappa shape index (κ1) is 16.1. The summed E-state index contributed by atoms with van der Waals surface area (Å²) in [4.78, 5) is 4.61. The summed E-state index contributed by atoms with van der Waals surface area (Å²) in [7, 11) is -3.75. The van der Waals surface area contributed by atoms with Crippen molar-refractivity contribution in [1.82, 2.24) is 4.98 Å². The molecule has 2 atom stereocenters. The minimum atomic E-state index is -3.75. The first-order valence-electron chi connectivity index (χ1n) is 7.97. The average molecular weight is 331 g/mol. The van der Waals surface area contributed by atoms with Crippen LogP contribution in [0.2, 0.25) is 0 Å². The molecule has 1 fully saturated rings. The van der Waals surface area contributed by atoms with Gasteiger partial charge in [0.2, 0.25) is 0 Å². The quantitative estimate of drug-likeness (QED) is 0.799. The Morgan fingerprint density at radius 1 is 1.04 bits per heavy atom. The van der Waals surface area contributed by atoms with Gasteiger partial charge in [-0.3, -0.25) is 9.17 Å².